The molecule has 0 saturated carbocycles. The fraction of sp³-hybridized carbons (Fsp3) is 0. The predicted octanol–water partition coefficient (Wildman–Crippen LogP) is 12.3. The number of hydrogen-bond donors (Lipinski definition) is 0. The molecular weight excluding hydrogens is 607 g/mol. The first-order valence-electron chi connectivity index (χ1n) is 17.1. The van der Waals surface area contributed by atoms with Gasteiger partial charge in [-0.3, -0.25) is 4.98 Å². The van der Waals surface area contributed by atoms with Crippen molar-refractivity contribution in [2.45, 2.75) is 0 Å². The molecule has 0 radical (unpaired) electrons. The molecule has 0 unspecified atom stereocenters. The molecule has 10 rings (SSSR count). The van der Waals surface area contributed by atoms with E-state index < -0.39 is 0 Å². The molecule has 0 spiro atoms. The Morgan fingerprint density at radius 1 is 0.340 bits per heavy atom. The minimum absolute atomic E-state index is 1.11. The zero-order valence-electron chi connectivity index (χ0n) is 27.2. The number of para-hydroxylation sites is 4. The van der Waals surface area contributed by atoms with E-state index in [1.165, 1.54) is 60.6 Å². The van der Waals surface area contributed by atoms with Crippen LogP contribution in [0.2, 0.25) is 0 Å². The van der Waals surface area contributed by atoms with Gasteiger partial charge in [0, 0.05) is 50.8 Å². The molecule has 0 aliphatic heterocycles. The van der Waals surface area contributed by atoms with Gasteiger partial charge in [0.1, 0.15) is 0 Å². The van der Waals surface area contributed by atoms with Gasteiger partial charge in [0.2, 0.25) is 0 Å². The van der Waals surface area contributed by atoms with E-state index in [-0.39, 0.29) is 0 Å². The molecule has 0 saturated heterocycles. The lowest BCUT2D eigenvalue weighted by Crippen LogP contribution is -2.02. The minimum Gasteiger partial charge on any atom is -0.309 e. The number of nitrogens with zero attached hydrogens (tertiary/aromatic N) is 3. The Kier molecular flexibility index (Phi) is 6.49. The zero-order chi connectivity index (χ0) is 33.0. The van der Waals surface area contributed by atoms with Crippen LogP contribution >= 0.6 is 0 Å². The largest absolute Gasteiger partial charge is 0.309 e. The van der Waals surface area contributed by atoms with Crippen LogP contribution < -0.4 is 0 Å². The summed E-state index contributed by atoms with van der Waals surface area (Å²) < 4.78 is 4.86. The topological polar surface area (TPSA) is 22.8 Å². The first kappa shape index (κ1) is 28.3. The highest BCUT2D eigenvalue weighted by atomic mass is 15.0. The van der Waals surface area contributed by atoms with Crippen molar-refractivity contribution in [3.8, 4) is 44.8 Å². The second-order valence-corrected chi connectivity index (χ2v) is 12.8. The van der Waals surface area contributed by atoms with Gasteiger partial charge >= 0.3 is 0 Å². The van der Waals surface area contributed by atoms with Crippen LogP contribution in [-0.4, -0.2) is 14.1 Å². The van der Waals surface area contributed by atoms with Gasteiger partial charge in [-0.05, 0) is 58.7 Å². The third kappa shape index (κ3) is 4.34. The average molecular weight is 638 g/mol. The van der Waals surface area contributed by atoms with Gasteiger partial charge in [0.25, 0.3) is 0 Å². The van der Waals surface area contributed by atoms with Gasteiger partial charge < -0.3 is 9.13 Å². The van der Waals surface area contributed by atoms with Crippen molar-refractivity contribution in [1.82, 2.24) is 14.1 Å². The van der Waals surface area contributed by atoms with E-state index in [1.807, 2.05) is 12.4 Å². The first-order valence-corrected chi connectivity index (χ1v) is 17.1. The van der Waals surface area contributed by atoms with Gasteiger partial charge in [-0.15, -0.1) is 0 Å². The molecule has 0 N–H and O–H groups in total. The number of benzene rings is 7. The molecular formula is C47H31N3. The van der Waals surface area contributed by atoms with E-state index in [2.05, 4.69) is 190 Å². The van der Waals surface area contributed by atoms with Crippen LogP contribution in [0.4, 0.5) is 0 Å². The monoisotopic (exact) mass is 637 g/mol. The molecule has 3 aromatic heterocycles. The highest BCUT2D eigenvalue weighted by Gasteiger charge is 2.22. The molecule has 3 nitrogen and oxygen atoms in total. The lowest BCUT2D eigenvalue weighted by Gasteiger charge is -2.22. The van der Waals surface area contributed by atoms with Crippen molar-refractivity contribution in [2.75, 3.05) is 0 Å². The summed E-state index contributed by atoms with van der Waals surface area (Å²) in [7, 11) is 0. The highest BCUT2D eigenvalue weighted by molar-refractivity contribution is 6.11. The zero-order valence-corrected chi connectivity index (χ0v) is 27.2. The number of fused-ring (bicyclic) bond motifs is 6. The molecule has 3 heteroatoms. The van der Waals surface area contributed by atoms with Gasteiger partial charge in [0.15, 0.2) is 0 Å². The molecule has 0 aliphatic carbocycles. The van der Waals surface area contributed by atoms with E-state index in [0.717, 1.165) is 27.8 Å². The van der Waals surface area contributed by atoms with Crippen LogP contribution in [0.25, 0.3) is 88.4 Å². The Labute approximate surface area is 290 Å². The van der Waals surface area contributed by atoms with Crippen LogP contribution in [0.5, 0.6) is 0 Å². The maximum Gasteiger partial charge on any atom is 0.0619 e. The van der Waals surface area contributed by atoms with E-state index in [9.17, 15) is 0 Å². The Hall–Kier alpha value is -6.71. The molecule has 10 aromatic rings. The van der Waals surface area contributed by atoms with Crippen molar-refractivity contribution in [1.29, 1.82) is 0 Å². The van der Waals surface area contributed by atoms with Crippen molar-refractivity contribution in [2.24, 2.45) is 0 Å². The number of pyridine rings is 1. The average Bonchev–Trinajstić information content (AvgIpc) is 3.71. The quantitative estimate of drug-likeness (QED) is 0.184. The summed E-state index contributed by atoms with van der Waals surface area (Å²) in [6.45, 7) is 0. The van der Waals surface area contributed by atoms with Crippen molar-refractivity contribution >= 4 is 43.6 Å². The second kappa shape index (κ2) is 11.5. The van der Waals surface area contributed by atoms with Gasteiger partial charge in [-0.1, -0.05) is 140 Å². The van der Waals surface area contributed by atoms with Crippen LogP contribution in [0, 0.1) is 0 Å². The molecule has 0 aliphatic rings. The minimum atomic E-state index is 1.11. The SMILES string of the molecule is c1ccc(-c2ccc(-n3c4ccccc4c4cnccc43)cc2-c2cccc(-c3ccccc3)c2-n2c3ccccc3c3ccccc32)cc1. The smallest absolute Gasteiger partial charge is 0.0619 e. The Balaban J connectivity index is 1.35. The molecule has 0 amide bonds. The molecule has 7 aromatic carbocycles. The Morgan fingerprint density at radius 2 is 0.860 bits per heavy atom. The third-order valence-electron chi connectivity index (χ3n) is 10.0. The van der Waals surface area contributed by atoms with Crippen molar-refractivity contribution < 1.29 is 0 Å². The summed E-state index contributed by atoms with van der Waals surface area (Å²) in [6.07, 6.45) is 3.87. The fourth-order valence-corrected chi connectivity index (χ4v) is 7.87. The standard InChI is InChI=1S/C47H31N3/c1-3-14-32(15-4-1)35-27-26-34(49-43-23-10-9-20-39(43)42-31-48-29-28-46(42)49)30-41(35)40-22-13-21-36(33-16-5-2-6-17-33)47(40)50-44-24-11-7-18-37(44)38-19-8-12-25-45(38)50/h1-31H. The van der Waals surface area contributed by atoms with E-state index in [1.54, 1.807) is 0 Å². The van der Waals surface area contributed by atoms with Gasteiger partial charge in [-0.2, -0.15) is 0 Å². The lowest BCUT2D eigenvalue weighted by molar-refractivity contribution is 1.17. The second-order valence-electron chi connectivity index (χ2n) is 12.8. The predicted molar refractivity (Wildman–Crippen MR) is 209 cm³/mol. The molecule has 0 fully saturated rings. The summed E-state index contributed by atoms with van der Waals surface area (Å²) in [5.74, 6) is 0. The number of hydrogen-bond acceptors (Lipinski definition) is 1. The van der Waals surface area contributed by atoms with Crippen molar-refractivity contribution in [3.63, 3.8) is 0 Å². The molecule has 3 heterocycles. The molecule has 234 valence electrons. The van der Waals surface area contributed by atoms with Gasteiger partial charge in [0.05, 0.1) is 27.8 Å². The van der Waals surface area contributed by atoms with Gasteiger partial charge in [-0.25, -0.2) is 0 Å². The number of rotatable bonds is 5. The van der Waals surface area contributed by atoms with E-state index in [0.29, 0.717) is 0 Å². The first-order chi connectivity index (χ1) is 24.8. The lowest BCUT2D eigenvalue weighted by atomic mass is 9.90. The normalized spacial score (nSPS) is 11.6. The Bertz CT molecular complexity index is 2750. The van der Waals surface area contributed by atoms with E-state index in [4.69, 9.17) is 0 Å². The summed E-state index contributed by atoms with van der Waals surface area (Å²) in [5, 5.41) is 4.83. The van der Waals surface area contributed by atoms with Crippen LogP contribution in [0.15, 0.2) is 188 Å². The maximum atomic E-state index is 4.50. The summed E-state index contributed by atoms with van der Waals surface area (Å²) in [6, 6.07) is 63.6. The van der Waals surface area contributed by atoms with Crippen LogP contribution in [0.1, 0.15) is 0 Å². The third-order valence-corrected chi connectivity index (χ3v) is 10.0. The van der Waals surface area contributed by atoms with Crippen LogP contribution in [0.3, 0.4) is 0 Å². The van der Waals surface area contributed by atoms with E-state index >= 15 is 0 Å². The molecule has 0 atom stereocenters. The summed E-state index contributed by atoms with van der Waals surface area (Å²) >= 11 is 0. The summed E-state index contributed by atoms with van der Waals surface area (Å²) in [5.41, 5.74) is 14.0. The summed E-state index contributed by atoms with van der Waals surface area (Å²) in [4.78, 5) is 4.50. The number of aromatic nitrogens is 3. The van der Waals surface area contributed by atoms with Crippen molar-refractivity contribution in [3.05, 3.63) is 188 Å². The Morgan fingerprint density at radius 3 is 1.52 bits per heavy atom. The fourth-order valence-electron chi connectivity index (χ4n) is 7.87. The highest BCUT2D eigenvalue weighted by Crippen LogP contribution is 2.45. The van der Waals surface area contributed by atoms with Crippen LogP contribution in [-0.2, 0) is 0 Å². The molecule has 50 heavy (non-hydrogen) atoms. The molecule has 0 bridgehead atoms. The maximum absolute atomic E-state index is 4.50.